The number of aromatic amines is 1. The number of hydrogen-bond acceptors (Lipinski definition) is 9. The number of nitrogens with two attached hydrogens (primary N) is 1. The van der Waals surface area contributed by atoms with Crippen molar-refractivity contribution < 1.29 is 22.7 Å². The lowest BCUT2D eigenvalue weighted by Crippen LogP contribution is -2.48. The van der Waals surface area contributed by atoms with Gasteiger partial charge in [-0.15, -0.1) is 17.5 Å². The molecule has 0 radical (unpaired) electrons. The van der Waals surface area contributed by atoms with Crippen molar-refractivity contribution in [2.75, 3.05) is 38.2 Å². The average molecular weight is 723 g/mol. The maximum Gasteiger partial charge on any atom is 0.247 e. The van der Waals surface area contributed by atoms with Gasteiger partial charge in [-0.05, 0) is 114 Å². The molecule has 1 saturated carbocycles. The van der Waals surface area contributed by atoms with Crippen molar-refractivity contribution in [2.45, 2.75) is 50.0 Å². The standard InChI is InChI=1S/C35H42N8O5S.ClH/c1-23-2-15-30(49(46,47)43-16-18-48-19-17-43)21-31(23)26-7-3-24(4-8-26)20-32(38-34(44)28-9-5-25(22-36)6-10-28)35(45)37-29-13-11-27(12-14-29)33-39-41-42-40-33;/h2-4,7-8,11-15,21,25,28,32H,5-6,9-10,16-20,22,36H2,1H3,(H,37,45)(H,38,44)(H,39,40,41,42);1H/t25-,28-,32-;/m0./s1. The first-order valence-corrected chi connectivity index (χ1v) is 18.1. The van der Waals surface area contributed by atoms with E-state index in [1.807, 2.05) is 37.3 Å². The van der Waals surface area contributed by atoms with Crippen LogP contribution in [0.1, 0.15) is 36.8 Å². The molecule has 50 heavy (non-hydrogen) atoms. The van der Waals surface area contributed by atoms with E-state index in [2.05, 4.69) is 31.3 Å². The minimum absolute atomic E-state index is 0. The molecular weight excluding hydrogens is 680 g/mol. The molecule has 13 nitrogen and oxygen atoms in total. The number of aromatic nitrogens is 4. The quantitative estimate of drug-likeness (QED) is 0.179. The maximum absolute atomic E-state index is 13.7. The number of hydrogen-bond donors (Lipinski definition) is 4. The Morgan fingerprint density at radius 1 is 0.980 bits per heavy atom. The fraction of sp³-hybridized carbons (Fsp3) is 0.400. The van der Waals surface area contributed by atoms with Crippen LogP contribution in [0, 0.1) is 18.8 Å². The Labute approximate surface area is 298 Å². The first-order chi connectivity index (χ1) is 23.7. The minimum Gasteiger partial charge on any atom is -0.379 e. The van der Waals surface area contributed by atoms with Gasteiger partial charge in [0.2, 0.25) is 21.8 Å². The number of morpholine rings is 1. The number of aryl methyl sites for hydroxylation is 1. The number of carbonyl (C=O) groups excluding carboxylic acids is 2. The molecule has 4 aromatic rings. The second-order valence-corrected chi connectivity index (χ2v) is 14.7. The number of rotatable bonds is 11. The predicted molar refractivity (Wildman–Crippen MR) is 192 cm³/mol. The summed E-state index contributed by atoms with van der Waals surface area (Å²) in [5, 5.41) is 19.8. The molecule has 1 aliphatic heterocycles. The number of halogens is 1. The summed E-state index contributed by atoms with van der Waals surface area (Å²) in [5.41, 5.74) is 10.6. The van der Waals surface area contributed by atoms with E-state index in [9.17, 15) is 18.0 Å². The van der Waals surface area contributed by atoms with E-state index in [1.54, 1.807) is 36.4 Å². The van der Waals surface area contributed by atoms with E-state index in [0.29, 0.717) is 50.3 Å². The van der Waals surface area contributed by atoms with Crippen LogP contribution in [0.3, 0.4) is 0 Å². The molecule has 2 heterocycles. The Morgan fingerprint density at radius 3 is 2.30 bits per heavy atom. The minimum atomic E-state index is -3.66. The van der Waals surface area contributed by atoms with Gasteiger partial charge >= 0.3 is 0 Å². The first-order valence-electron chi connectivity index (χ1n) is 16.6. The molecule has 2 amide bonds. The predicted octanol–water partition coefficient (Wildman–Crippen LogP) is 3.72. The number of sulfonamides is 1. The van der Waals surface area contributed by atoms with Gasteiger partial charge in [0.15, 0.2) is 5.82 Å². The van der Waals surface area contributed by atoms with E-state index in [-0.39, 0.29) is 41.5 Å². The Hall–Kier alpha value is -4.21. The van der Waals surface area contributed by atoms with Gasteiger partial charge in [-0.1, -0.05) is 30.3 Å². The Bertz CT molecular complexity index is 1840. The number of H-pyrrole nitrogens is 1. The zero-order chi connectivity index (χ0) is 34.4. The van der Waals surface area contributed by atoms with Crippen LogP contribution in [-0.2, 0) is 30.8 Å². The molecule has 1 aromatic heterocycles. The van der Waals surface area contributed by atoms with Crippen molar-refractivity contribution in [3.63, 3.8) is 0 Å². The van der Waals surface area contributed by atoms with Crippen molar-refractivity contribution >= 4 is 39.9 Å². The van der Waals surface area contributed by atoms with Crippen molar-refractivity contribution in [1.82, 2.24) is 30.2 Å². The average Bonchev–Trinajstić information content (AvgIpc) is 3.68. The van der Waals surface area contributed by atoms with Crippen molar-refractivity contribution in [1.29, 1.82) is 0 Å². The lowest BCUT2D eigenvalue weighted by molar-refractivity contribution is -0.130. The molecule has 2 aliphatic rings. The number of ether oxygens (including phenoxy) is 1. The van der Waals surface area contributed by atoms with Crippen molar-refractivity contribution in [3.05, 3.63) is 77.9 Å². The Balaban J connectivity index is 0.00000486. The molecule has 6 rings (SSSR count). The molecule has 1 atom stereocenters. The molecule has 1 saturated heterocycles. The summed E-state index contributed by atoms with van der Waals surface area (Å²) in [5.74, 6) is 0.310. The lowest BCUT2D eigenvalue weighted by Gasteiger charge is -2.28. The molecule has 0 bridgehead atoms. The first kappa shape index (κ1) is 37.1. The molecule has 266 valence electrons. The summed E-state index contributed by atoms with van der Waals surface area (Å²) in [4.78, 5) is 27.4. The van der Waals surface area contributed by atoms with Crippen LogP contribution in [0.5, 0.6) is 0 Å². The van der Waals surface area contributed by atoms with Gasteiger partial charge in [-0.2, -0.15) is 4.31 Å². The van der Waals surface area contributed by atoms with Gasteiger partial charge in [-0.3, -0.25) is 9.59 Å². The van der Waals surface area contributed by atoms with Crippen LogP contribution in [0.15, 0.2) is 71.6 Å². The smallest absolute Gasteiger partial charge is 0.247 e. The third-order valence-corrected chi connectivity index (χ3v) is 11.4. The zero-order valence-corrected chi connectivity index (χ0v) is 29.5. The fourth-order valence-electron chi connectivity index (χ4n) is 6.45. The largest absolute Gasteiger partial charge is 0.379 e. The van der Waals surface area contributed by atoms with E-state index in [1.165, 1.54) is 4.31 Å². The topological polar surface area (TPSA) is 185 Å². The summed E-state index contributed by atoms with van der Waals surface area (Å²) in [6.07, 6.45) is 3.55. The SMILES string of the molecule is Cc1ccc(S(=O)(=O)N2CCOCC2)cc1-c1ccc(C[C@H](NC(=O)[C@H]2CC[C@H](CN)CC2)C(=O)Nc2ccc(-c3nnn[nH]3)cc2)cc1.Cl. The highest BCUT2D eigenvalue weighted by molar-refractivity contribution is 7.89. The molecular formula is C35H43ClN8O5S. The van der Waals surface area contributed by atoms with Crippen LogP contribution in [0.4, 0.5) is 5.69 Å². The van der Waals surface area contributed by atoms with E-state index < -0.39 is 16.1 Å². The maximum atomic E-state index is 13.7. The number of carbonyl (C=O) groups is 2. The molecule has 0 unspecified atom stereocenters. The summed E-state index contributed by atoms with van der Waals surface area (Å²) >= 11 is 0. The molecule has 2 fully saturated rings. The fourth-order valence-corrected chi connectivity index (χ4v) is 7.88. The van der Waals surface area contributed by atoms with E-state index >= 15 is 0 Å². The number of nitrogens with zero attached hydrogens (tertiary/aromatic N) is 4. The van der Waals surface area contributed by atoms with Crippen LogP contribution in [-0.4, -0.2) is 84.1 Å². The normalized spacial score (nSPS) is 18.8. The monoisotopic (exact) mass is 722 g/mol. The van der Waals surface area contributed by atoms with Crippen molar-refractivity contribution in [3.8, 4) is 22.5 Å². The lowest BCUT2D eigenvalue weighted by atomic mass is 9.81. The summed E-state index contributed by atoms with van der Waals surface area (Å²) in [6, 6.07) is 19.1. The second-order valence-electron chi connectivity index (χ2n) is 12.7. The summed E-state index contributed by atoms with van der Waals surface area (Å²) in [6.45, 7) is 3.97. The number of amides is 2. The highest BCUT2D eigenvalue weighted by Gasteiger charge is 2.30. The van der Waals surface area contributed by atoms with Crippen LogP contribution in [0.2, 0.25) is 0 Å². The third kappa shape index (κ3) is 8.74. The molecule has 1 aliphatic carbocycles. The molecule has 3 aromatic carbocycles. The number of benzene rings is 3. The highest BCUT2D eigenvalue weighted by Crippen LogP contribution is 2.30. The zero-order valence-electron chi connectivity index (χ0n) is 27.9. The summed E-state index contributed by atoms with van der Waals surface area (Å²) in [7, 11) is -3.66. The third-order valence-electron chi connectivity index (χ3n) is 9.48. The van der Waals surface area contributed by atoms with Gasteiger partial charge in [0.25, 0.3) is 0 Å². The number of anilines is 1. The Kier molecular flexibility index (Phi) is 12.4. The number of nitrogens with one attached hydrogen (secondary N) is 3. The summed E-state index contributed by atoms with van der Waals surface area (Å²) < 4.78 is 33.5. The molecule has 5 N–H and O–H groups in total. The van der Waals surface area contributed by atoms with Crippen molar-refractivity contribution in [2.24, 2.45) is 17.6 Å². The van der Waals surface area contributed by atoms with Gasteiger partial charge in [0.1, 0.15) is 6.04 Å². The second kappa shape index (κ2) is 16.7. The van der Waals surface area contributed by atoms with Gasteiger partial charge < -0.3 is 21.1 Å². The molecule has 0 spiro atoms. The van der Waals surface area contributed by atoms with E-state index in [0.717, 1.165) is 53.5 Å². The highest BCUT2D eigenvalue weighted by atomic mass is 35.5. The van der Waals surface area contributed by atoms with Gasteiger partial charge in [0, 0.05) is 36.7 Å². The van der Waals surface area contributed by atoms with Gasteiger partial charge in [0.05, 0.1) is 18.1 Å². The van der Waals surface area contributed by atoms with Gasteiger partial charge in [-0.25, -0.2) is 13.5 Å². The molecule has 15 heteroatoms. The van der Waals surface area contributed by atoms with E-state index in [4.69, 9.17) is 10.5 Å². The Morgan fingerprint density at radius 2 is 1.66 bits per heavy atom. The number of tetrazole rings is 1. The van der Waals surface area contributed by atoms with Crippen LogP contribution in [0.25, 0.3) is 22.5 Å². The van der Waals surface area contributed by atoms with Crippen LogP contribution >= 0.6 is 12.4 Å². The van der Waals surface area contributed by atoms with Crippen LogP contribution < -0.4 is 16.4 Å².